The average molecular weight is 270 g/mol. The molecule has 0 aromatic heterocycles. The minimum absolute atomic E-state index is 0.0262. The van der Waals surface area contributed by atoms with Crippen molar-refractivity contribution in [1.29, 1.82) is 0 Å². The molecule has 1 saturated heterocycles. The molecule has 1 atom stereocenters. The second kappa shape index (κ2) is 8.51. The molecule has 0 aromatic carbocycles. The van der Waals surface area contributed by atoms with E-state index in [0.29, 0.717) is 6.54 Å². The van der Waals surface area contributed by atoms with Crippen LogP contribution in [0.2, 0.25) is 0 Å². The third-order valence-electron chi connectivity index (χ3n) is 3.82. The maximum absolute atomic E-state index is 12.3. The number of amides is 1. The van der Waals surface area contributed by atoms with E-state index in [4.69, 9.17) is 5.73 Å². The van der Waals surface area contributed by atoms with Gasteiger partial charge in [0, 0.05) is 45.8 Å². The first kappa shape index (κ1) is 16.4. The summed E-state index contributed by atoms with van der Waals surface area (Å²) in [6, 6.07) is 0. The molecule has 2 N–H and O–H groups in total. The maximum Gasteiger partial charge on any atom is 0.227 e. The molecule has 112 valence electrons. The smallest absolute Gasteiger partial charge is 0.227 e. The van der Waals surface area contributed by atoms with Crippen molar-refractivity contribution in [3.63, 3.8) is 0 Å². The highest BCUT2D eigenvalue weighted by Crippen LogP contribution is 2.11. The number of likely N-dealkylation sites (N-methyl/N-ethyl adjacent to an activating group) is 1. The van der Waals surface area contributed by atoms with Crippen LogP contribution in [0.3, 0.4) is 0 Å². The average Bonchev–Trinajstić information content (AvgIpc) is 2.42. The van der Waals surface area contributed by atoms with E-state index < -0.39 is 0 Å². The number of rotatable bonds is 7. The number of hydrogen-bond donors (Lipinski definition) is 1. The summed E-state index contributed by atoms with van der Waals surface area (Å²) >= 11 is 0. The van der Waals surface area contributed by atoms with Crippen LogP contribution in [0.1, 0.15) is 19.8 Å². The minimum Gasteiger partial charge on any atom is -0.340 e. The Kier molecular flexibility index (Phi) is 7.34. The molecule has 0 saturated carbocycles. The van der Waals surface area contributed by atoms with Crippen LogP contribution < -0.4 is 5.73 Å². The monoisotopic (exact) mass is 270 g/mol. The van der Waals surface area contributed by atoms with Crippen LogP contribution in [-0.2, 0) is 4.79 Å². The Morgan fingerprint density at radius 2 is 1.89 bits per heavy atom. The first-order valence-corrected chi connectivity index (χ1v) is 7.44. The van der Waals surface area contributed by atoms with Gasteiger partial charge in [-0.05, 0) is 20.5 Å². The maximum atomic E-state index is 12.3. The zero-order valence-electron chi connectivity index (χ0n) is 12.8. The summed E-state index contributed by atoms with van der Waals surface area (Å²) in [5.74, 6) is 0.287. The molecule has 1 rings (SSSR count). The Labute approximate surface area is 117 Å². The van der Waals surface area contributed by atoms with Gasteiger partial charge < -0.3 is 15.5 Å². The molecule has 0 aromatic rings. The van der Waals surface area contributed by atoms with Gasteiger partial charge in [0.15, 0.2) is 0 Å². The number of hydrogen-bond acceptors (Lipinski definition) is 4. The van der Waals surface area contributed by atoms with Crippen molar-refractivity contribution in [3.8, 4) is 0 Å². The van der Waals surface area contributed by atoms with Gasteiger partial charge in [-0.3, -0.25) is 9.69 Å². The van der Waals surface area contributed by atoms with Crippen LogP contribution in [0.25, 0.3) is 0 Å². The molecule has 5 heteroatoms. The normalized spacial score (nSPS) is 18.9. The van der Waals surface area contributed by atoms with Crippen molar-refractivity contribution in [1.82, 2.24) is 14.7 Å². The highest BCUT2D eigenvalue weighted by atomic mass is 16.2. The summed E-state index contributed by atoms with van der Waals surface area (Å²) in [5.41, 5.74) is 5.71. The summed E-state index contributed by atoms with van der Waals surface area (Å²) < 4.78 is 0. The largest absolute Gasteiger partial charge is 0.340 e. The van der Waals surface area contributed by atoms with Crippen molar-refractivity contribution in [3.05, 3.63) is 0 Å². The molecule has 1 fully saturated rings. The van der Waals surface area contributed by atoms with E-state index >= 15 is 0 Å². The summed E-state index contributed by atoms with van der Waals surface area (Å²) in [7, 11) is 4.19. The van der Waals surface area contributed by atoms with Crippen LogP contribution in [0.4, 0.5) is 0 Å². The van der Waals surface area contributed by atoms with Gasteiger partial charge in [-0.25, -0.2) is 0 Å². The quantitative estimate of drug-likeness (QED) is 0.711. The summed E-state index contributed by atoms with van der Waals surface area (Å²) in [4.78, 5) is 18.9. The Morgan fingerprint density at radius 3 is 2.37 bits per heavy atom. The Balaban J connectivity index is 2.34. The number of nitrogens with zero attached hydrogens (tertiary/aromatic N) is 3. The van der Waals surface area contributed by atoms with Gasteiger partial charge in [0.1, 0.15) is 0 Å². The highest BCUT2D eigenvalue weighted by Gasteiger charge is 2.25. The van der Waals surface area contributed by atoms with Gasteiger partial charge >= 0.3 is 0 Å². The third-order valence-corrected chi connectivity index (χ3v) is 3.82. The van der Waals surface area contributed by atoms with E-state index in [-0.39, 0.29) is 11.8 Å². The predicted molar refractivity (Wildman–Crippen MR) is 79.0 cm³/mol. The molecule has 0 aliphatic carbocycles. The fourth-order valence-corrected chi connectivity index (χ4v) is 2.48. The molecule has 1 amide bonds. The zero-order valence-corrected chi connectivity index (χ0v) is 12.8. The SMILES string of the molecule is CCCC(CN)C(=O)N1CCN(CCN(C)C)CC1. The number of carbonyl (C=O) groups excluding carboxylic acids is 1. The lowest BCUT2D eigenvalue weighted by Gasteiger charge is -2.36. The standard InChI is InChI=1S/C14H30N4O/c1-4-5-13(12-15)14(19)18-10-8-17(9-11-18)7-6-16(2)3/h13H,4-12,15H2,1-3H3. The van der Waals surface area contributed by atoms with Crippen molar-refractivity contribution < 1.29 is 4.79 Å². The predicted octanol–water partition coefficient (Wildman–Crippen LogP) is 0.0672. The van der Waals surface area contributed by atoms with E-state index in [1.807, 2.05) is 4.90 Å². The lowest BCUT2D eigenvalue weighted by Crippen LogP contribution is -2.52. The van der Waals surface area contributed by atoms with Crippen LogP contribution >= 0.6 is 0 Å². The summed E-state index contributed by atoms with van der Waals surface area (Å²) in [6.07, 6.45) is 1.94. The molecule has 0 spiro atoms. The Hall–Kier alpha value is -0.650. The molecular formula is C14H30N4O. The molecule has 1 aliphatic rings. The fourth-order valence-electron chi connectivity index (χ4n) is 2.48. The molecule has 1 aliphatic heterocycles. The van der Waals surface area contributed by atoms with Gasteiger partial charge in [-0.15, -0.1) is 0 Å². The van der Waals surface area contributed by atoms with Crippen LogP contribution in [-0.4, -0.2) is 80.5 Å². The van der Waals surface area contributed by atoms with E-state index in [2.05, 4.69) is 30.8 Å². The number of piperazine rings is 1. The summed E-state index contributed by atoms with van der Waals surface area (Å²) in [6.45, 7) is 8.44. The highest BCUT2D eigenvalue weighted by molar-refractivity contribution is 5.79. The van der Waals surface area contributed by atoms with Gasteiger partial charge in [0.25, 0.3) is 0 Å². The molecule has 19 heavy (non-hydrogen) atoms. The van der Waals surface area contributed by atoms with E-state index in [0.717, 1.165) is 52.1 Å². The van der Waals surface area contributed by atoms with E-state index in [1.54, 1.807) is 0 Å². The topological polar surface area (TPSA) is 52.8 Å². The van der Waals surface area contributed by atoms with Crippen molar-refractivity contribution >= 4 is 5.91 Å². The minimum atomic E-state index is 0.0262. The molecular weight excluding hydrogens is 240 g/mol. The van der Waals surface area contributed by atoms with E-state index in [9.17, 15) is 4.79 Å². The van der Waals surface area contributed by atoms with Crippen molar-refractivity contribution in [2.24, 2.45) is 11.7 Å². The number of carbonyl (C=O) groups is 1. The molecule has 1 heterocycles. The van der Waals surface area contributed by atoms with Gasteiger partial charge in [-0.2, -0.15) is 0 Å². The molecule has 0 bridgehead atoms. The summed E-state index contributed by atoms with van der Waals surface area (Å²) in [5, 5.41) is 0. The van der Waals surface area contributed by atoms with Crippen molar-refractivity contribution in [2.45, 2.75) is 19.8 Å². The second-order valence-electron chi connectivity index (χ2n) is 5.69. The van der Waals surface area contributed by atoms with Gasteiger partial charge in [0.2, 0.25) is 5.91 Å². The molecule has 5 nitrogen and oxygen atoms in total. The first-order chi connectivity index (χ1) is 9.08. The second-order valence-corrected chi connectivity index (χ2v) is 5.69. The van der Waals surface area contributed by atoms with Gasteiger partial charge in [-0.1, -0.05) is 13.3 Å². The lowest BCUT2D eigenvalue weighted by atomic mass is 10.0. The van der Waals surface area contributed by atoms with Gasteiger partial charge in [0.05, 0.1) is 5.92 Å². The fraction of sp³-hybridized carbons (Fsp3) is 0.929. The van der Waals surface area contributed by atoms with Crippen LogP contribution in [0, 0.1) is 5.92 Å². The number of nitrogens with two attached hydrogens (primary N) is 1. The zero-order chi connectivity index (χ0) is 14.3. The first-order valence-electron chi connectivity index (χ1n) is 7.44. The Bertz CT molecular complexity index is 262. The molecule has 1 unspecified atom stereocenters. The van der Waals surface area contributed by atoms with E-state index in [1.165, 1.54) is 0 Å². The van der Waals surface area contributed by atoms with Crippen molar-refractivity contribution in [2.75, 3.05) is 59.9 Å². The molecule has 0 radical (unpaired) electrons. The Morgan fingerprint density at radius 1 is 1.26 bits per heavy atom. The van der Waals surface area contributed by atoms with Crippen LogP contribution in [0.15, 0.2) is 0 Å². The van der Waals surface area contributed by atoms with Crippen LogP contribution in [0.5, 0.6) is 0 Å². The lowest BCUT2D eigenvalue weighted by molar-refractivity contribution is -0.137. The third kappa shape index (κ3) is 5.47.